The van der Waals surface area contributed by atoms with Crippen LogP contribution >= 0.6 is 0 Å². The smallest absolute Gasteiger partial charge is 0.176 e. The highest BCUT2D eigenvalue weighted by Crippen LogP contribution is 2.07. The normalized spacial score (nSPS) is 10.3. The van der Waals surface area contributed by atoms with E-state index < -0.39 is 0 Å². The Balaban J connectivity index is 2.00. The summed E-state index contributed by atoms with van der Waals surface area (Å²) >= 11 is 0. The fourth-order valence-corrected chi connectivity index (χ4v) is 2.03. The third kappa shape index (κ3) is 4.23. The molecule has 0 spiro atoms. The van der Waals surface area contributed by atoms with Crippen LogP contribution in [0.25, 0.3) is 0 Å². The summed E-state index contributed by atoms with van der Waals surface area (Å²) in [6, 6.07) is 14.6. The Morgan fingerprint density at radius 1 is 1.24 bits per heavy atom. The molecule has 4 heteroatoms. The Morgan fingerprint density at radius 3 is 2.57 bits per heavy atom. The van der Waals surface area contributed by atoms with Crippen molar-refractivity contribution in [3.63, 3.8) is 0 Å². The summed E-state index contributed by atoms with van der Waals surface area (Å²) in [5, 5.41) is 8.76. The summed E-state index contributed by atoms with van der Waals surface area (Å²) in [5.74, 6) is 0.0530. The van der Waals surface area contributed by atoms with E-state index in [-0.39, 0.29) is 5.78 Å². The fourth-order valence-electron chi connectivity index (χ4n) is 2.03. The van der Waals surface area contributed by atoms with E-state index >= 15 is 0 Å². The summed E-state index contributed by atoms with van der Waals surface area (Å²) < 4.78 is 0. The van der Waals surface area contributed by atoms with Gasteiger partial charge >= 0.3 is 0 Å². The molecular weight excluding hydrogens is 262 g/mol. The molecule has 0 atom stereocenters. The van der Waals surface area contributed by atoms with E-state index in [0.29, 0.717) is 24.2 Å². The van der Waals surface area contributed by atoms with Crippen molar-refractivity contribution in [2.24, 2.45) is 0 Å². The van der Waals surface area contributed by atoms with Gasteiger partial charge in [0.2, 0.25) is 0 Å². The summed E-state index contributed by atoms with van der Waals surface area (Å²) in [5.41, 5.74) is 2.15. The molecule has 1 aromatic carbocycles. The molecule has 4 nitrogen and oxygen atoms in total. The molecule has 21 heavy (non-hydrogen) atoms. The molecule has 0 aliphatic carbocycles. The van der Waals surface area contributed by atoms with Crippen LogP contribution in [-0.2, 0) is 6.54 Å². The maximum absolute atomic E-state index is 12.3. The molecule has 0 saturated carbocycles. The van der Waals surface area contributed by atoms with Gasteiger partial charge < -0.3 is 0 Å². The van der Waals surface area contributed by atoms with Crippen LogP contribution in [0.3, 0.4) is 0 Å². The zero-order chi connectivity index (χ0) is 15.1. The van der Waals surface area contributed by atoms with E-state index in [2.05, 4.69) is 4.98 Å². The number of pyridine rings is 1. The number of hydrogen-bond donors (Lipinski definition) is 0. The van der Waals surface area contributed by atoms with Crippen molar-refractivity contribution in [2.75, 3.05) is 13.1 Å². The molecule has 0 unspecified atom stereocenters. The van der Waals surface area contributed by atoms with Gasteiger partial charge in [0.05, 0.1) is 23.9 Å². The summed E-state index contributed by atoms with van der Waals surface area (Å²) in [4.78, 5) is 18.6. The number of rotatable bonds is 6. The standard InChI is InChI=1S/C17H17N3O/c1-2-20(12-16-5-3-4-10-19-16)13-17(21)15-8-6-14(11-18)7-9-15/h3-10H,2,12-13H2,1H3. The van der Waals surface area contributed by atoms with Crippen molar-refractivity contribution >= 4 is 5.78 Å². The van der Waals surface area contributed by atoms with Crippen LogP contribution in [-0.4, -0.2) is 28.8 Å². The van der Waals surface area contributed by atoms with E-state index in [1.807, 2.05) is 36.1 Å². The van der Waals surface area contributed by atoms with Crippen molar-refractivity contribution in [1.82, 2.24) is 9.88 Å². The number of hydrogen-bond acceptors (Lipinski definition) is 4. The predicted molar refractivity (Wildman–Crippen MR) is 80.7 cm³/mol. The molecule has 1 aromatic heterocycles. The summed E-state index contributed by atoms with van der Waals surface area (Å²) in [6.45, 7) is 3.80. The number of nitrogens with zero attached hydrogens (tertiary/aromatic N) is 3. The van der Waals surface area contributed by atoms with Gasteiger partial charge in [-0.2, -0.15) is 5.26 Å². The molecular formula is C17H17N3O. The van der Waals surface area contributed by atoms with Gasteiger partial charge in [0.1, 0.15) is 0 Å². The quantitative estimate of drug-likeness (QED) is 0.763. The van der Waals surface area contributed by atoms with E-state index in [0.717, 1.165) is 12.2 Å². The number of aromatic nitrogens is 1. The predicted octanol–water partition coefficient (Wildman–Crippen LogP) is 2.66. The van der Waals surface area contributed by atoms with Gasteiger partial charge in [-0.25, -0.2) is 0 Å². The molecule has 0 amide bonds. The molecule has 0 fully saturated rings. The molecule has 2 rings (SSSR count). The molecule has 106 valence electrons. The van der Waals surface area contributed by atoms with Gasteiger partial charge in [-0.05, 0) is 30.8 Å². The lowest BCUT2D eigenvalue weighted by Gasteiger charge is -2.19. The second-order valence-corrected chi connectivity index (χ2v) is 4.74. The molecule has 0 aliphatic heterocycles. The first-order valence-corrected chi connectivity index (χ1v) is 6.88. The molecule has 0 radical (unpaired) electrons. The third-order valence-corrected chi connectivity index (χ3v) is 3.26. The van der Waals surface area contributed by atoms with Crippen LogP contribution < -0.4 is 0 Å². The monoisotopic (exact) mass is 279 g/mol. The zero-order valence-corrected chi connectivity index (χ0v) is 12.0. The maximum Gasteiger partial charge on any atom is 0.176 e. The lowest BCUT2D eigenvalue weighted by molar-refractivity contribution is 0.0929. The number of ketones is 1. The topological polar surface area (TPSA) is 57.0 Å². The van der Waals surface area contributed by atoms with Crippen molar-refractivity contribution in [3.8, 4) is 6.07 Å². The van der Waals surface area contributed by atoms with E-state index in [1.165, 1.54) is 0 Å². The average molecular weight is 279 g/mol. The van der Waals surface area contributed by atoms with Crippen LogP contribution in [0.15, 0.2) is 48.7 Å². The Kier molecular flexibility index (Phi) is 5.19. The zero-order valence-electron chi connectivity index (χ0n) is 12.0. The van der Waals surface area contributed by atoms with Crippen LogP contribution in [0.2, 0.25) is 0 Å². The van der Waals surface area contributed by atoms with E-state index in [9.17, 15) is 4.79 Å². The minimum Gasteiger partial charge on any atom is -0.293 e. The first-order chi connectivity index (χ1) is 10.2. The van der Waals surface area contributed by atoms with Crippen molar-refractivity contribution in [2.45, 2.75) is 13.5 Å². The lowest BCUT2D eigenvalue weighted by atomic mass is 10.1. The second-order valence-electron chi connectivity index (χ2n) is 4.74. The van der Waals surface area contributed by atoms with Gasteiger partial charge in [0.25, 0.3) is 0 Å². The molecule has 0 bridgehead atoms. The highest BCUT2D eigenvalue weighted by molar-refractivity contribution is 5.97. The van der Waals surface area contributed by atoms with Gasteiger partial charge in [-0.1, -0.05) is 25.1 Å². The molecule has 1 heterocycles. The van der Waals surface area contributed by atoms with Crippen molar-refractivity contribution in [3.05, 3.63) is 65.5 Å². The van der Waals surface area contributed by atoms with Crippen LogP contribution in [0.1, 0.15) is 28.5 Å². The molecule has 0 aliphatic rings. The van der Waals surface area contributed by atoms with Gasteiger partial charge in [0.15, 0.2) is 5.78 Å². The van der Waals surface area contributed by atoms with Crippen molar-refractivity contribution < 1.29 is 4.79 Å². The number of Topliss-reactive ketones (excluding diaryl/α,β-unsaturated/α-hetero) is 1. The largest absolute Gasteiger partial charge is 0.293 e. The number of benzene rings is 1. The van der Waals surface area contributed by atoms with E-state index in [4.69, 9.17) is 5.26 Å². The number of carbonyl (C=O) groups is 1. The first-order valence-electron chi connectivity index (χ1n) is 6.88. The molecule has 0 N–H and O–H groups in total. The van der Waals surface area contributed by atoms with Crippen molar-refractivity contribution in [1.29, 1.82) is 5.26 Å². The van der Waals surface area contributed by atoms with Crippen LogP contribution in [0.4, 0.5) is 0 Å². The minimum atomic E-state index is 0.0530. The van der Waals surface area contributed by atoms with Gasteiger partial charge in [0, 0.05) is 18.3 Å². The molecule has 0 saturated heterocycles. The number of nitriles is 1. The Hall–Kier alpha value is -2.51. The Bertz CT molecular complexity index is 629. The van der Waals surface area contributed by atoms with Gasteiger partial charge in [-0.3, -0.25) is 14.7 Å². The van der Waals surface area contributed by atoms with Crippen LogP contribution in [0.5, 0.6) is 0 Å². The summed E-state index contributed by atoms with van der Waals surface area (Å²) in [6.07, 6.45) is 1.76. The maximum atomic E-state index is 12.3. The second kappa shape index (κ2) is 7.32. The minimum absolute atomic E-state index is 0.0530. The fraction of sp³-hybridized carbons (Fsp3) is 0.235. The first kappa shape index (κ1) is 14.9. The van der Waals surface area contributed by atoms with Gasteiger partial charge in [-0.15, -0.1) is 0 Å². The molecule has 2 aromatic rings. The highest BCUT2D eigenvalue weighted by atomic mass is 16.1. The Morgan fingerprint density at radius 2 is 2.00 bits per heavy atom. The average Bonchev–Trinajstić information content (AvgIpc) is 2.55. The highest BCUT2D eigenvalue weighted by Gasteiger charge is 2.12. The van der Waals surface area contributed by atoms with Crippen LogP contribution in [0, 0.1) is 11.3 Å². The SMILES string of the molecule is CCN(CC(=O)c1ccc(C#N)cc1)Cc1ccccn1. The van der Waals surface area contributed by atoms with E-state index in [1.54, 1.807) is 30.5 Å². The number of carbonyl (C=O) groups excluding carboxylic acids is 1. The summed E-state index contributed by atoms with van der Waals surface area (Å²) in [7, 11) is 0. The Labute approximate surface area is 124 Å². The number of likely N-dealkylation sites (N-methyl/N-ethyl adjacent to an activating group) is 1. The third-order valence-electron chi connectivity index (χ3n) is 3.26. The lowest BCUT2D eigenvalue weighted by Crippen LogP contribution is -2.29.